The van der Waals surface area contributed by atoms with Crippen LogP contribution in [0.2, 0.25) is 0 Å². The molecule has 0 saturated carbocycles. The number of carboxylic acid groups (broad SMARTS) is 2. The molecule has 4 atom stereocenters. The van der Waals surface area contributed by atoms with Gasteiger partial charge in [-0.25, -0.2) is 0 Å². The number of guanidine groups is 1. The summed E-state index contributed by atoms with van der Waals surface area (Å²) in [5.41, 5.74) is 21.1. The molecule has 0 aliphatic carbocycles. The van der Waals surface area contributed by atoms with Gasteiger partial charge in [0, 0.05) is 13.0 Å². The van der Waals surface area contributed by atoms with E-state index in [1.807, 2.05) is 0 Å². The van der Waals surface area contributed by atoms with Gasteiger partial charge in [-0.1, -0.05) is 0 Å². The van der Waals surface area contributed by atoms with Crippen LogP contribution in [-0.2, 0) is 28.8 Å². The van der Waals surface area contributed by atoms with Gasteiger partial charge in [0.15, 0.2) is 5.96 Å². The maximum atomic E-state index is 12.9. The molecule has 0 aliphatic heterocycles. The third kappa shape index (κ3) is 12.8. The Hall–Kier alpha value is -3.95. The Balaban J connectivity index is 5.53. The molecule has 0 spiro atoms. The fourth-order valence-electron chi connectivity index (χ4n) is 2.54. The maximum Gasteiger partial charge on any atom is 0.325 e. The molecule has 0 rings (SSSR count). The summed E-state index contributed by atoms with van der Waals surface area (Å²) in [5.74, 6) is -6.30. The van der Waals surface area contributed by atoms with Crippen LogP contribution in [0.4, 0.5) is 0 Å². The minimum absolute atomic E-state index is 0.0240. The van der Waals surface area contributed by atoms with Gasteiger partial charge in [-0.3, -0.25) is 33.8 Å². The van der Waals surface area contributed by atoms with Crippen LogP contribution in [0.25, 0.3) is 0 Å². The van der Waals surface area contributed by atoms with Gasteiger partial charge in [-0.05, 0) is 26.2 Å². The zero-order chi connectivity index (χ0) is 26.4. The first-order chi connectivity index (χ1) is 15.7. The summed E-state index contributed by atoms with van der Waals surface area (Å²) in [6.45, 7) is 1.30. The number of aliphatic carboxylic acids is 2. The number of nitrogens with two attached hydrogens (primary N) is 4. The number of carboxylic acids is 2. The van der Waals surface area contributed by atoms with E-state index in [4.69, 9.17) is 33.1 Å². The lowest BCUT2D eigenvalue weighted by atomic mass is 10.1. The summed E-state index contributed by atoms with van der Waals surface area (Å²) < 4.78 is 0. The van der Waals surface area contributed by atoms with Crippen molar-refractivity contribution in [2.75, 3.05) is 6.54 Å². The van der Waals surface area contributed by atoms with Crippen molar-refractivity contribution in [3.05, 3.63) is 0 Å². The molecular formula is C18H32N8O8. The van der Waals surface area contributed by atoms with Crippen molar-refractivity contribution >= 4 is 41.5 Å². The minimum Gasteiger partial charge on any atom is -0.481 e. The number of aliphatic imine (C=N–C) groups is 1. The summed E-state index contributed by atoms with van der Waals surface area (Å²) in [6, 6.07) is -5.37. The molecular weight excluding hydrogens is 456 g/mol. The van der Waals surface area contributed by atoms with Crippen LogP contribution in [0.5, 0.6) is 0 Å². The van der Waals surface area contributed by atoms with Gasteiger partial charge in [0.1, 0.15) is 18.1 Å². The van der Waals surface area contributed by atoms with Gasteiger partial charge in [-0.2, -0.15) is 0 Å². The van der Waals surface area contributed by atoms with Crippen LogP contribution in [0.15, 0.2) is 4.99 Å². The Labute approximate surface area is 194 Å². The molecule has 0 saturated heterocycles. The van der Waals surface area contributed by atoms with Gasteiger partial charge < -0.3 is 49.1 Å². The van der Waals surface area contributed by atoms with Gasteiger partial charge in [-0.15, -0.1) is 0 Å². The number of hydrogen-bond donors (Lipinski definition) is 9. The second-order valence-corrected chi connectivity index (χ2v) is 7.35. The van der Waals surface area contributed by atoms with Gasteiger partial charge in [0.2, 0.25) is 23.6 Å². The Kier molecular flexibility index (Phi) is 13.2. The summed E-state index contributed by atoms with van der Waals surface area (Å²) >= 11 is 0. The summed E-state index contributed by atoms with van der Waals surface area (Å²) in [5, 5.41) is 24.6. The van der Waals surface area contributed by atoms with E-state index in [2.05, 4.69) is 20.9 Å². The second kappa shape index (κ2) is 15.0. The topological polar surface area (TPSA) is 295 Å². The van der Waals surface area contributed by atoms with Crippen LogP contribution in [0.3, 0.4) is 0 Å². The summed E-state index contributed by atoms with van der Waals surface area (Å²) in [6.07, 6.45) is -1.05. The van der Waals surface area contributed by atoms with Crippen molar-refractivity contribution < 1.29 is 39.0 Å². The first-order valence-electron chi connectivity index (χ1n) is 10.2. The number of hydrogen-bond acceptors (Lipinski definition) is 8. The van der Waals surface area contributed by atoms with Crippen LogP contribution in [0, 0.1) is 0 Å². The lowest BCUT2D eigenvalue weighted by molar-refractivity contribution is -0.142. The van der Waals surface area contributed by atoms with E-state index < -0.39 is 66.2 Å². The average molecular weight is 489 g/mol. The number of nitrogens with one attached hydrogen (secondary N) is 3. The quantitative estimate of drug-likeness (QED) is 0.0568. The molecule has 4 unspecified atom stereocenters. The van der Waals surface area contributed by atoms with Crippen LogP contribution in [-0.4, -0.2) is 82.5 Å². The van der Waals surface area contributed by atoms with Crippen LogP contribution >= 0.6 is 0 Å². The maximum absolute atomic E-state index is 12.9. The molecule has 0 radical (unpaired) electrons. The molecule has 34 heavy (non-hydrogen) atoms. The minimum atomic E-state index is -1.45. The number of primary amides is 1. The fraction of sp³-hybridized carbons (Fsp3) is 0.611. The molecule has 13 N–H and O–H groups in total. The first-order valence-corrected chi connectivity index (χ1v) is 10.2. The summed E-state index contributed by atoms with van der Waals surface area (Å²) in [7, 11) is 0. The molecule has 0 aromatic rings. The van der Waals surface area contributed by atoms with Crippen molar-refractivity contribution in [1.29, 1.82) is 0 Å². The number of carbonyl (C=O) groups excluding carboxylic acids is 4. The largest absolute Gasteiger partial charge is 0.481 e. The molecule has 0 heterocycles. The smallest absolute Gasteiger partial charge is 0.325 e. The van der Waals surface area contributed by atoms with E-state index in [0.717, 1.165) is 0 Å². The van der Waals surface area contributed by atoms with Gasteiger partial charge >= 0.3 is 11.9 Å². The normalized spacial score (nSPS) is 13.9. The predicted molar refractivity (Wildman–Crippen MR) is 118 cm³/mol. The molecule has 4 amide bonds. The van der Waals surface area contributed by atoms with Crippen molar-refractivity contribution in [2.24, 2.45) is 27.9 Å². The molecule has 0 aromatic heterocycles. The predicted octanol–water partition coefficient (Wildman–Crippen LogP) is -4.33. The zero-order valence-corrected chi connectivity index (χ0v) is 18.7. The van der Waals surface area contributed by atoms with E-state index in [1.165, 1.54) is 6.92 Å². The third-order valence-corrected chi connectivity index (χ3v) is 4.35. The molecule has 192 valence electrons. The lowest BCUT2D eigenvalue weighted by Gasteiger charge is -2.24. The second-order valence-electron chi connectivity index (χ2n) is 7.35. The Morgan fingerprint density at radius 1 is 0.853 bits per heavy atom. The van der Waals surface area contributed by atoms with Crippen molar-refractivity contribution in [3.8, 4) is 0 Å². The number of carbonyl (C=O) groups is 6. The Bertz CT molecular complexity index is 799. The SMILES string of the molecule is CC(NC(=O)C(CCC(N)=O)NC(=O)C(CCCN=C(N)N)NC(=O)C(N)CC(=O)O)C(=O)O. The van der Waals surface area contributed by atoms with Crippen LogP contribution < -0.4 is 38.9 Å². The van der Waals surface area contributed by atoms with Gasteiger partial charge in [0.25, 0.3) is 0 Å². The van der Waals surface area contributed by atoms with E-state index >= 15 is 0 Å². The van der Waals surface area contributed by atoms with Gasteiger partial charge in [0.05, 0.1) is 12.5 Å². The molecule has 16 heteroatoms. The van der Waals surface area contributed by atoms with Crippen molar-refractivity contribution in [1.82, 2.24) is 16.0 Å². The number of rotatable bonds is 16. The molecule has 0 fully saturated rings. The average Bonchev–Trinajstić information content (AvgIpc) is 2.71. The van der Waals surface area contributed by atoms with E-state index in [1.54, 1.807) is 0 Å². The molecule has 0 aliphatic rings. The van der Waals surface area contributed by atoms with Crippen LogP contribution in [0.1, 0.15) is 39.0 Å². The van der Waals surface area contributed by atoms with Crippen molar-refractivity contribution in [3.63, 3.8) is 0 Å². The van der Waals surface area contributed by atoms with E-state index in [-0.39, 0.29) is 38.2 Å². The summed E-state index contributed by atoms with van der Waals surface area (Å²) in [4.78, 5) is 74.2. The lowest BCUT2D eigenvalue weighted by Crippen LogP contribution is -2.57. The standard InChI is InChI=1S/C18H32N8O8/c1-8(17(33)34)24-15(31)11(4-5-12(20)27)26-16(32)10(3-2-6-23-18(21)22)25-14(30)9(19)7-13(28)29/h8-11H,2-7,19H2,1H3,(H2,20,27)(H,24,31)(H,25,30)(H,26,32)(H,28,29)(H,33,34)(H4,21,22,23). The monoisotopic (exact) mass is 488 g/mol. The first kappa shape index (κ1) is 30.1. The Morgan fingerprint density at radius 3 is 1.88 bits per heavy atom. The number of amides is 4. The third-order valence-electron chi connectivity index (χ3n) is 4.35. The highest BCUT2D eigenvalue weighted by molar-refractivity contribution is 5.94. The van der Waals surface area contributed by atoms with E-state index in [0.29, 0.717) is 0 Å². The zero-order valence-electron chi connectivity index (χ0n) is 18.7. The molecule has 0 bridgehead atoms. The molecule has 16 nitrogen and oxygen atoms in total. The molecule has 0 aromatic carbocycles. The fourth-order valence-corrected chi connectivity index (χ4v) is 2.54. The highest BCUT2D eigenvalue weighted by atomic mass is 16.4. The van der Waals surface area contributed by atoms with Crippen molar-refractivity contribution in [2.45, 2.75) is 63.2 Å². The number of nitrogens with zero attached hydrogens (tertiary/aromatic N) is 1. The highest BCUT2D eigenvalue weighted by Crippen LogP contribution is 2.04. The Morgan fingerprint density at radius 2 is 1.38 bits per heavy atom. The van der Waals surface area contributed by atoms with E-state index in [9.17, 15) is 28.8 Å². The highest BCUT2D eigenvalue weighted by Gasteiger charge is 2.29.